The summed E-state index contributed by atoms with van der Waals surface area (Å²) in [6, 6.07) is 2.00. The van der Waals surface area contributed by atoms with Gasteiger partial charge in [-0.1, -0.05) is 23.4 Å². The highest BCUT2D eigenvalue weighted by molar-refractivity contribution is 7.99. The number of Topliss-reactive ketones (excluding diaryl/α,β-unsaturated/α-hetero) is 1. The summed E-state index contributed by atoms with van der Waals surface area (Å²) in [4.78, 5) is 16.7. The van der Waals surface area contributed by atoms with E-state index in [0.717, 1.165) is 29.9 Å². The van der Waals surface area contributed by atoms with Gasteiger partial charge in [0.2, 0.25) is 5.89 Å². The van der Waals surface area contributed by atoms with Crippen molar-refractivity contribution in [3.05, 3.63) is 53.2 Å². The Morgan fingerprint density at radius 1 is 1.27 bits per heavy atom. The van der Waals surface area contributed by atoms with Gasteiger partial charge >= 0.3 is 0 Å². The minimum absolute atomic E-state index is 0.0762. The first-order chi connectivity index (χ1) is 14.6. The smallest absolute Gasteiger partial charge is 0.277 e. The quantitative estimate of drug-likeness (QED) is 0.290. The van der Waals surface area contributed by atoms with Crippen LogP contribution in [0.5, 0.6) is 0 Å². The second-order valence-electron chi connectivity index (χ2n) is 7.56. The third-order valence-electron chi connectivity index (χ3n) is 5.45. The fourth-order valence-corrected chi connectivity index (χ4v) is 4.50. The molecule has 30 heavy (non-hydrogen) atoms. The standard InChI is InChI=1S/C21H26N6O2S/c1-15-10-18(16(2)27(15)9-8-17-6-4-3-5-7-17)19(28)12-30-21-25-24-20(29-21)11-26-14-22-13-23-26/h6,10,13-14H,3-5,7-9,11-12H2,1-2H3. The summed E-state index contributed by atoms with van der Waals surface area (Å²) >= 11 is 1.26. The fraction of sp³-hybridized carbons (Fsp3) is 0.476. The molecule has 9 heteroatoms. The van der Waals surface area contributed by atoms with Gasteiger partial charge in [-0.25, -0.2) is 9.67 Å². The maximum Gasteiger partial charge on any atom is 0.277 e. The lowest BCUT2D eigenvalue weighted by molar-refractivity contribution is 0.102. The highest BCUT2D eigenvalue weighted by atomic mass is 32.2. The van der Waals surface area contributed by atoms with Crippen molar-refractivity contribution >= 4 is 17.5 Å². The lowest BCUT2D eigenvalue weighted by Gasteiger charge is -2.15. The van der Waals surface area contributed by atoms with E-state index in [1.54, 1.807) is 16.6 Å². The number of carbonyl (C=O) groups is 1. The van der Waals surface area contributed by atoms with Crippen molar-refractivity contribution in [3.8, 4) is 0 Å². The topological polar surface area (TPSA) is 91.6 Å². The highest BCUT2D eigenvalue weighted by Gasteiger charge is 2.18. The van der Waals surface area contributed by atoms with E-state index in [4.69, 9.17) is 4.42 Å². The van der Waals surface area contributed by atoms with E-state index in [0.29, 0.717) is 17.7 Å². The van der Waals surface area contributed by atoms with Crippen LogP contribution in [0.1, 0.15) is 59.7 Å². The molecule has 0 saturated heterocycles. The van der Waals surface area contributed by atoms with Crippen LogP contribution in [0.15, 0.2) is 40.0 Å². The number of hydrogen-bond donors (Lipinski definition) is 0. The summed E-state index contributed by atoms with van der Waals surface area (Å²) in [5.74, 6) is 0.776. The van der Waals surface area contributed by atoms with Gasteiger partial charge in [-0.05, 0) is 52.0 Å². The second-order valence-corrected chi connectivity index (χ2v) is 8.49. The van der Waals surface area contributed by atoms with Crippen molar-refractivity contribution in [2.24, 2.45) is 0 Å². The average molecular weight is 427 g/mol. The van der Waals surface area contributed by atoms with Gasteiger partial charge in [0.25, 0.3) is 5.22 Å². The zero-order valence-corrected chi connectivity index (χ0v) is 18.2. The predicted molar refractivity (Wildman–Crippen MR) is 114 cm³/mol. The van der Waals surface area contributed by atoms with Gasteiger partial charge in [-0.15, -0.1) is 10.2 Å². The number of nitrogens with zero attached hydrogens (tertiary/aromatic N) is 6. The number of carbonyl (C=O) groups excluding carboxylic acids is 1. The Bertz CT molecular complexity index is 1030. The van der Waals surface area contributed by atoms with Gasteiger partial charge in [0.15, 0.2) is 5.78 Å². The zero-order chi connectivity index (χ0) is 20.9. The Morgan fingerprint density at radius 3 is 2.93 bits per heavy atom. The molecule has 158 valence electrons. The molecule has 1 aliphatic carbocycles. The first kappa shape index (κ1) is 20.6. The molecule has 0 radical (unpaired) electrons. The molecule has 3 aromatic rings. The van der Waals surface area contributed by atoms with Crippen LogP contribution < -0.4 is 0 Å². The van der Waals surface area contributed by atoms with Gasteiger partial charge in [0.05, 0.1) is 5.75 Å². The monoisotopic (exact) mass is 426 g/mol. The number of rotatable bonds is 9. The molecule has 8 nitrogen and oxygen atoms in total. The van der Waals surface area contributed by atoms with Crippen LogP contribution >= 0.6 is 11.8 Å². The largest absolute Gasteiger partial charge is 0.414 e. The number of hydrogen-bond acceptors (Lipinski definition) is 7. The third kappa shape index (κ3) is 4.89. The van der Waals surface area contributed by atoms with E-state index in [-0.39, 0.29) is 11.5 Å². The van der Waals surface area contributed by atoms with Crippen LogP contribution in [0, 0.1) is 13.8 Å². The van der Waals surface area contributed by atoms with Gasteiger partial charge < -0.3 is 8.98 Å². The Kier molecular flexibility index (Phi) is 6.47. The van der Waals surface area contributed by atoms with Crippen molar-refractivity contribution in [2.75, 3.05) is 5.75 Å². The highest BCUT2D eigenvalue weighted by Crippen LogP contribution is 2.24. The maximum absolute atomic E-state index is 12.8. The molecular weight excluding hydrogens is 400 g/mol. The number of allylic oxidation sites excluding steroid dienone is 2. The normalized spacial score (nSPS) is 14.1. The molecule has 0 N–H and O–H groups in total. The van der Waals surface area contributed by atoms with E-state index >= 15 is 0 Å². The van der Waals surface area contributed by atoms with Crippen LogP contribution in [0.4, 0.5) is 0 Å². The summed E-state index contributed by atoms with van der Waals surface area (Å²) in [5, 5.41) is 12.4. The molecule has 3 aromatic heterocycles. The lowest BCUT2D eigenvalue weighted by atomic mass is 9.97. The molecule has 0 atom stereocenters. The molecule has 0 fully saturated rings. The molecule has 0 spiro atoms. The molecule has 1 aliphatic rings. The summed E-state index contributed by atoms with van der Waals surface area (Å²) in [6.45, 7) is 5.39. The molecule has 0 bridgehead atoms. The van der Waals surface area contributed by atoms with Crippen molar-refractivity contribution in [1.29, 1.82) is 0 Å². The van der Waals surface area contributed by atoms with Crippen LogP contribution in [0.3, 0.4) is 0 Å². The van der Waals surface area contributed by atoms with Gasteiger partial charge in [0.1, 0.15) is 19.2 Å². The van der Waals surface area contributed by atoms with Crippen LogP contribution in [-0.4, -0.2) is 41.1 Å². The Labute approximate surface area is 179 Å². The molecule has 3 heterocycles. The number of thioether (sulfide) groups is 1. The minimum atomic E-state index is 0.0762. The SMILES string of the molecule is Cc1cc(C(=O)CSc2nnc(Cn3cncn3)o2)c(C)n1CCC1=CCCCC1. The summed E-state index contributed by atoms with van der Waals surface area (Å²) in [5.41, 5.74) is 4.49. The first-order valence-corrected chi connectivity index (χ1v) is 11.2. The van der Waals surface area contributed by atoms with E-state index in [1.165, 1.54) is 43.8 Å². The lowest BCUT2D eigenvalue weighted by Crippen LogP contribution is -2.08. The van der Waals surface area contributed by atoms with Crippen LogP contribution in [-0.2, 0) is 13.1 Å². The Balaban J connectivity index is 1.34. The van der Waals surface area contributed by atoms with Crippen molar-refractivity contribution in [1.82, 2.24) is 29.5 Å². The van der Waals surface area contributed by atoms with E-state index in [9.17, 15) is 4.79 Å². The van der Waals surface area contributed by atoms with E-state index < -0.39 is 0 Å². The molecule has 0 amide bonds. The van der Waals surface area contributed by atoms with Crippen LogP contribution in [0.2, 0.25) is 0 Å². The molecule has 0 aliphatic heterocycles. The van der Waals surface area contributed by atoms with Gasteiger partial charge in [-0.2, -0.15) is 5.10 Å². The minimum Gasteiger partial charge on any atom is -0.414 e. The maximum atomic E-state index is 12.8. The number of aromatic nitrogens is 6. The number of ketones is 1. The molecule has 4 rings (SSSR count). The summed E-state index contributed by atoms with van der Waals surface area (Å²) in [7, 11) is 0. The third-order valence-corrected chi connectivity index (χ3v) is 6.27. The molecular formula is C21H26N6O2S. The zero-order valence-electron chi connectivity index (χ0n) is 17.4. The van der Waals surface area contributed by atoms with Crippen molar-refractivity contribution in [3.63, 3.8) is 0 Å². The van der Waals surface area contributed by atoms with E-state index in [2.05, 4.69) is 37.8 Å². The summed E-state index contributed by atoms with van der Waals surface area (Å²) in [6.07, 6.45) is 11.5. The first-order valence-electron chi connectivity index (χ1n) is 10.3. The Morgan fingerprint density at radius 2 is 2.17 bits per heavy atom. The van der Waals surface area contributed by atoms with Crippen LogP contribution in [0.25, 0.3) is 0 Å². The molecule has 0 unspecified atom stereocenters. The fourth-order valence-electron chi connectivity index (χ4n) is 3.83. The number of aryl methyl sites for hydroxylation is 1. The van der Waals surface area contributed by atoms with Crippen molar-refractivity contribution < 1.29 is 9.21 Å². The molecule has 0 saturated carbocycles. The van der Waals surface area contributed by atoms with E-state index in [1.807, 2.05) is 13.0 Å². The second kappa shape index (κ2) is 9.42. The van der Waals surface area contributed by atoms with Crippen molar-refractivity contribution in [2.45, 2.75) is 64.3 Å². The van der Waals surface area contributed by atoms with Gasteiger partial charge in [-0.3, -0.25) is 4.79 Å². The Hall–Kier alpha value is -2.68. The predicted octanol–water partition coefficient (Wildman–Crippen LogP) is 3.99. The molecule has 0 aromatic carbocycles. The summed E-state index contributed by atoms with van der Waals surface area (Å²) < 4.78 is 9.46. The average Bonchev–Trinajstić information content (AvgIpc) is 3.48. The van der Waals surface area contributed by atoms with Gasteiger partial charge in [0, 0.05) is 23.5 Å².